The molecule has 0 saturated carbocycles. The number of amides is 1. The molecular formula is C18H16F3N5O2. The van der Waals surface area contributed by atoms with Gasteiger partial charge in [0.15, 0.2) is 0 Å². The molecule has 2 aromatic heterocycles. The lowest BCUT2D eigenvalue weighted by Gasteiger charge is -2.11. The molecule has 0 aliphatic carbocycles. The molecule has 3 aromatic rings. The van der Waals surface area contributed by atoms with Gasteiger partial charge in [-0.2, -0.15) is 5.10 Å². The van der Waals surface area contributed by atoms with Crippen LogP contribution in [-0.4, -0.2) is 27.0 Å². The molecule has 0 spiro atoms. The average molecular weight is 391 g/mol. The van der Waals surface area contributed by atoms with E-state index in [9.17, 15) is 18.0 Å². The van der Waals surface area contributed by atoms with Gasteiger partial charge in [-0.1, -0.05) is 0 Å². The summed E-state index contributed by atoms with van der Waals surface area (Å²) in [6.45, 7) is 0.470. The summed E-state index contributed by atoms with van der Waals surface area (Å²) in [5.74, 6) is -0.826. The highest BCUT2D eigenvalue weighted by atomic mass is 19.4. The molecule has 2 heterocycles. The van der Waals surface area contributed by atoms with Crippen molar-refractivity contribution in [2.75, 3.05) is 10.6 Å². The SMILES string of the molecule is Cn1ncc(NCc2ccncc2)c1C(=O)Nc1ccc(OC(F)(F)F)cc1. The molecule has 3 rings (SSSR count). The quantitative estimate of drug-likeness (QED) is 0.671. The highest BCUT2D eigenvalue weighted by Gasteiger charge is 2.31. The Kier molecular flexibility index (Phi) is 5.48. The van der Waals surface area contributed by atoms with Crippen molar-refractivity contribution in [1.29, 1.82) is 0 Å². The second-order valence-electron chi connectivity index (χ2n) is 5.77. The standard InChI is InChI=1S/C18H16F3N5O2/c1-26-16(15(11-24-26)23-10-12-6-8-22-9-7-12)17(27)25-13-2-4-14(5-3-13)28-18(19,20)21/h2-9,11,23H,10H2,1H3,(H,25,27). The molecule has 0 aliphatic rings. The van der Waals surface area contributed by atoms with Gasteiger partial charge in [-0.25, -0.2) is 0 Å². The summed E-state index contributed by atoms with van der Waals surface area (Å²) in [4.78, 5) is 16.6. The van der Waals surface area contributed by atoms with Crippen molar-refractivity contribution in [3.8, 4) is 5.75 Å². The molecule has 0 saturated heterocycles. The lowest BCUT2D eigenvalue weighted by Crippen LogP contribution is -2.18. The lowest BCUT2D eigenvalue weighted by molar-refractivity contribution is -0.274. The van der Waals surface area contributed by atoms with Crippen molar-refractivity contribution in [2.45, 2.75) is 12.9 Å². The Morgan fingerprint density at radius 2 is 1.82 bits per heavy atom. The number of benzene rings is 1. The molecule has 0 aliphatic heterocycles. The van der Waals surface area contributed by atoms with Gasteiger partial charge in [-0.3, -0.25) is 14.5 Å². The smallest absolute Gasteiger partial charge is 0.406 e. The van der Waals surface area contributed by atoms with E-state index in [0.717, 1.165) is 17.7 Å². The Balaban J connectivity index is 1.68. The topological polar surface area (TPSA) is 81.1 Å². The van der Waals surface area contributed by atoms with Gasteiger partial charge in [0.2, 0.25) is 0 Å². The fraction of sp³-hybridized carbons (Fsp3) is 0.167. The van der Waals surface area contributed by atoms with E-state index in [1.165, 1.54) is 23.0 Å². The van der Waals surface area contributed by atoms with E-state index in [-0.39, 0.29) is 11.4 Å². The van der Waals surface area contributed by atoms with Gasteiger partial charge >= 0.3 is 6.36 Å². The minimum absolute atomic E-state index is 0.282. The van der Waals surface area contributed by atoms with Crippen LogP contribution in [0.4, 0.5) is 24.5 Å². The van der Waals surface area contributed by atoms with E-state index in [0.29, 0.717) is 17.9 Å². The van der Waals surface area contributed by atoms with Crippen LogP contribution in [0.3, 0.4) is 0 Å². The fourth-order valence-corrected chi connectivity index (χ4v) is 2.46. The first kappa shape index (κ1) is 19.2. The van der Waals surface area contributed by atoms with Gasteiger partial charge in [0.1, 0.15) is 11.4 Å². The predicted octanol–water partition coefficient (Wildman–Crippen LogP) is 3.58. The third-order valence-corrected chi connectivity index (χ3v) is 3.73. The Morgan fingerprint density at radius 1 is 1.14 bits per heavy atom. The molecule has 1 amide bonds. The minimum Gasteiger partial charge on any atom is -0.406 e. The van der Waals surface area contributed by atoms with Crippen molar-refractivity contribution in [3.05, 3.63) is 66.2 Å². The molecule has 0 bridgehead atoms. The van der Waals surface area contributed by atoms with Gasteiger partial charge < -0.3 is 15.4 Å². The zero-order valence-electron chi connectivity index (χ0n) is 14.7. The van der Waals surface area contributed by atoms with Gasteiger partial charge in [0, 0.05) is 31.7 Å². The van der Waals surface area contributed by atoms with Crippen molar-refractivity contribution in [3.63, 3.8) is 0 Å². The summed E-state index contributed by atoms with van der Waals surface area (Å²) >= 11 is 0. The summed E-state index contributed by atoms with van der Waals surface area (Å²) in [5, 5.41) is 9.84. The third-order valence-electron chi connectivity index (χ3n) is 3.73. The Labute approximate surface area is 158 Å². The van der Waals surface area contributed by atoms with Crippen LogP contribution in [0, 0.1) is 0 Å². The number of nitrogens with zero attached hydrogens (tertiary/aromatic N) is 3. The number of ether oxygens (including phenoxy) is 1. The molecule has 2 N–H and O–H groups in total. The lowest BCUT2D eigenvalue weighted by atomic mass is 10.2. The summed E-state index contributed by atoms with van der Waals surface area (Å²) in [6, 6.07) is 8.56. The molecule has 0 unspecified atom stereocenters. The molecular weight excluding hydrogens is 375 g/mol. The Morgan fingerprint density at radius 3 is 2.46 bits per heavy atom. The van der Waals surface area contributed by atoms with E-state index in [4.69, 9.17) is 0 Å². The second-order valence-corrected chi connectivity index (χ2v) is 5.77. The number of rotatable bonds is 6. The summed E-state index contributed by atoms with van der Waals surface area (Å²) in [5.41, 5.74) is 2.10. The van der Waals surface area contributed by atoms with Crippen LogP contribution in [0.15, 0.2) is 55.0 Å². The van der Waals surface area contributed by atoms with E-state index in [2.05, 4.69) is 25.5 Å². The van der Waals surface area contributed by atoms with Gasteiger partial charge in [0.05, 0.1) is 11.9 Å². The fourth-order valence-electron chi connectivity index (χ4n) is 2.46. The zero-order valence-corrected chi connectivity index (χ0v) is 14.7. The van der Waals surface area contributed by atoms with E-state index in [1.54, 1.807) is 19.4 Å². The number of aryl methyl sites for hydroxylation is 1. The van der Waals surface area contributed by atoms with Crippen LogP contribution in [-0.2, 0) is 13.6 Å². The number of carbonyl (C=O) groups is 1. The number of anilines is 2. The van der Waals surface area contributed by atoms with Crippen LogP contribution >= 0.6 is 0 Å². The molecule has 0 radical (unpaired) electrons. The van der Waals surface area contributed by atoms with E-state index >= 15 is 0 Å². The van der Waals surface area contributed by atoms with Crippen molar-refractivity contribution < 1.29 is 22.7 Å². The van der Waals surface area contributed by atoms with Gasteiger partial charge in [0.25, 0.3) is 5.91 Å². The van der Waals surface area contributed by atoms with Crippen molar-refractivity contribution in [1.82, 2.24) is 14.8 Å². The third kappa shape index (κ3) is 5.00. The molecule has 0 fully saturated rings. The van der Waals surface area contributed by atoms with Crippen molar-refractivity contribution >= 4 is 17.3 Å². The average Bonchev–Trinajstić information content (AvgIpc) is 3.02. The number of halogens is 3. The number of aromatic nitrogens is 3. The molecule has 0 atom stereocenters. The number of carbonyl (C=O) groups excluding carboxylic acids is 1. The number of nitrogens with one attached hydrogen (secondary N) is 2. The number of hydrogen-bond donors (Lipinski definition) is 2. The monoisotopic (exact) mass is 391 g/mol. The molecule has 10 heteroatoms. The minimum atomic E-state index is -4.77. The first-order valence-electron chi connectivity index (χ1n) is 8.14. The maximum atomic E-state index is 12.6. The highest BCUT2D eigenvalue weighted by Crippen LogP contribution is 2.24. The summed E-state index contributed by atoms with van der Waals surface area (Å²) in [6.07, 6.45) is 0.0886. The van der Waals surface area contributed by atoms with Crippen LogP contribution in [0.25, 0.3) is 0 Å². The largest absolute Gasteiger partial charge is 0.573 e. The predicted molar refractivity (Wildman–Crippen MR) is 95.8 cm³/mol. The first-order chi connectivity index (χ1) is 13.3. The zero-order chi connectivity index (χ0) is 20.1. The molecule has 7 nitrogen and oxygen atoms in total. The van der Waals surface area contributed by atoms with E-state index < -0.39 is 12.3 Å². The van der Waals surface area contributed by atoms with Crippen LogP contribution in [0.5, 0.6) is 5.75 Å². The summed E-state index contributed by atoms with van der Waals surface area (Å²) in [7, 11) is 1.62. The molecule has 28 heavy (non-hydrogen) atoms. The van der Waals surface area contributed by atoms with Crippen LogP contribution < -0.4 is 15.4 Å². The van der Waals surface area contributed by atoms with E-state index in [1.807, 2.05) is 12.1 Å². The molecule has 146 valence electrons. The normalized spacial score (nSPS) is 11.1. The van der Waals surface area contributed by atoms with Gasteiger partial charge in [-0.15, -0.1) is 13.2 Å². The van der Waals surface area contributed by atoms with Crippen LogP contribution in [0.2, 0.25) is 0 Å². The number of alkyl halides is 3. The molecule has 1 aromatic carbocycles. The maximum Gasteiger partial charge on any atom is 0.573 e. The first-order valence-corrected chi connectivity index (χ1v) is 8.14. The summed E-state index contributed by atoms with van der Waals surface area (Å²) < 4.78 is 41.8. The highest BCUT2D eigenvalue weighted by molar-refractivity contribution is 6.06. The van der Waals surface area contributed by atoms with Gasteiger partial charge in [-0.05, 0) is 42.0 Å². The maximum absolute atomic E-state index is 12.6. The number of hydrogen-bond acceptors (Lipinski definition) is 5. The Hall–Kier alpha value is -3.56. The van der Waals surface area contributed by atoms with Crippen LogP contribution in [0.1, 0.15) is 16.1 Å². The number of pyridine rings is 1. The van der Waals surface area contributed by atoms with Crippen molar-refractivity contribution in [2.24, 2.45) is 7.05 Å². The Bertz CT molecular complexity index is 940. The second kappa shape index (κ2) is 7.99.